The number of hydrogen-bond acceptors (Lipinski definition) is 3. The van der Waals surface area contributed by atoms with Crippen molar-refractivity contribution in [2.75, 3.05) is 27.9 Å². The standard InChI is InChI=1S/C14H22ClNO2/c1-10(7-8-17-3)14(16-2)12-9-11(15)5-6-13(12)18-4/h5-6,9-10,14,16H,7-8H2,1-4H3. The molecule has 0 bridgehead atoms. The van der Waals surface area contributed by atoms with Crippen molar-refractivity contribution >= 4 is 11.6 Å². The van der Waals surface area contributed by atoms with Crippen molar-refractivity contribution in [3.8, 4) is 5.75 Å². The molecule has 2 atom stereocenters. The van der Waals surface area contributed by atoms with Crippen LogP contribution in [0.2, 0.25) is 5.02 Å². The van der Waals surface area contributed by atoms with Crippen LogP contribution in [0.5, 0.6) is 5.75 Å². The highest BCUT2D eigenvalue weighted by atomic mass is 35.5. The molecule has 0 aliphatic rings. The van der Waals surface area contributed by atoms with E-state index < -0.39 is 0 Å². The van der Waals surface area contributed by atoms with E-state index in [1.165, 1.54) is 0 Å². The second-order valence-electron chi connectivity index (χ2n) is 4.41. The summed E-state index contributed by atoms with van der Waals surface area (Å²) in [6.07, 6.45) is 0.984. The molecular weight excluding hydrogens is 250 g/mol. The zero-order chi connectivity index (χ0) is 13.5. The lowest BCUT2D eigenvalue weighted by Crippen LogP contribution is -2.25. The van der Waals surface area contributed by atoms with Crippen LogP contribution in [0.15, 0.2) is 18.2 Å². The molecular formula is C14H22ClNO2. The van der Waals surface area contributed by atoms with Crippen molar-refractivity contribution in [3.05, 3.63) is 28.8 Å². The summed E-state index contributed by atoms with van der Waals surface area (Å²) in [6, 6.07) is 5.92. The van der Waals surface area contributed by atoms with Crippen LogP contribution in [0.1, 0.15) is 24.9 Å². The van der Waals surface area contributed by atoms with Crippen LogP contribution in [0, 0.1) is 5.92 Å². The van der Waals surface area contributed by atoms with Gasteiger partial charge in [0.1, 0.15) is 5.75 Å². The Balaban J connectivity index is 2.96. The third-order valence-electron chi connectivity index (χ3n) is 3.18. The lowest BCUT2D eigenvalue weighted by atomic mass is 9.91. The van der Waals surface area contributed by atoms with Crippen molar-refractivity contribution in [1.29, 1.82) is 0 Å². The predicted octanol–water partition coefficient (Wildman–Crippen LogP) is 3.28. The van der Waals surface area contributed by atoms with Crippen LogP contribution in [0.4, 0.5) is 0 Å². The SMILES string of the molecule is CNC(c1cc(Cl)ccc1OC)C(C)CCOC. The molecule has 0 radical (unpaired) electrons. The molecule has 2 unspecified atom stereocenters. The summed E-state index contributed by atoms with van der Waals surface area (Å²) in [5, 5.41) is 4.06. The lowest BCUT2D eigenvalue weighted by Gasteiger charge is -2.25. The fourth-order valence-corrected chi connectivity index (χ4v) is 2.35. The molecule has 4 heteroatoms. The van der Waals surface area contributed by atoms with Crippen molar-refractivity contribution in [2.24, 2.45) is 5.92 Å². The second-order valence-corrected chi connectivity index (χ2v) is 4.85. The van der Waals surface area contributed by atoms with Gasteiger partial charge in [-0.05, 0) is 37.6 Å². The molecule has 0 spiro atoms. The largest absolute Gasteiger partial charge is 0.496 e. The van der Waals surface area contributed by atoms with Gasteiger partial charge in [-0.15, -0.1) is 0 Å². The number of halogens is 1. The van der Waals surface area contributed by atoms with Gasteiger partial charge >= 0.3 is 0 Å². The van der Waals surface area contributed by atoms with E-state index in [9.17, 15) is 0 Å². The third kappa shape index (κ3) is 3.87. The summed E-state index contributed by atoms with van der Waals surface area (Å²) in [6.45, 7) is 2.95. The summed E-state index contributed by atoms with van der Waals surface area (Å²) in [4.78, 5) is 0. The predicted molar refractivity (Wildman–Crippen MR) is 75.5 cm³/mol. The van der Waals surface area contributed by atoms with Gasteiger partial charge in [0.15, 0.2) is 0 Å². The average Bonchev–Trinajstić information content (AvgIpc) is 2.37. The zero-order valence-corrected chi connectivity index (χ0v) is 12.3. The normalized spacial score (nSPS) is 14.3. The number of ether oxygens (including phenoxy) is 2. The molecule has 0 aliphatic carbocycles. The van der Waals surface area contributed by atoms with Crippen LogP contribution >= 0.6 is 11.6 Å². The number of nitrogens with one attached hydrogen (secondary N) is 1. The quantitative estimate of drug-likeness (QED) is 0.826. The Bertz CT molecular complexity index is 371. The zero-order valence-electron chi connectivity index (χ0n) is 11.5. The molecule has 18 heavy (non-hydrogen) atoms. The maximum atomic E-state index is 6.08. The molecule has 0 saturated carbocycles. The highest BCUT2D eigenvalue weighted by Gasteiger charge is 2.21. The van der Waals surface area contributed by atoms with E-state index in [1.54, 1.807) is 14.2 Å². The minimum Gasteiger partial charge on any atom is -0.496 e. The number of benzene rings is 1. The maximum absolute atomic E-state index is 6.08. The summed E-state index contributed by atoms with van der Waals surface area (Å²) in [5.74, 6) is 1.30. The smallest absolute Gasteiger partial charge is 0.123 e. The fourth-order valence-electron chi connectivity index (χ4n) is 2.17. The Labute approximate surface area is 114 Å². The van der Waals surface area contributed by atoms with Gasteiger partial charge in [-0.25, -0.2) is 0 Å². The number of methoxy groups -OCH3 is 2. The van der Waals surface area contributed by atoms with Gasteiger partial charge < -0.3 is 14.8 Å². The van der Waals surface area contributed by atoms with Crippen LogP contribution in [-0.2, 0) is 4.74 Å². The number of hydrogen-bond donors (Lipinski definition) is 1. The lowest BCUT2D eigenvalue weighted by molar-refractivity contribution is 0.171. The molecule has 0 aromatic heterocycles. The van der Waals surface area contributed by atoms with Crippen LogP contribution in [-0.4, -0.2) is 27.9 Å². The first kappa shape index (κ1) is 15.3. The summed E-state index contributed by atoms with van der Waals surface area (Å²) < 4.78 is 10.5. The first-order valence-electron chi connectivity index (χ1n) is 6.13. The van der Waals surface area contributed by atoms with Gasteiger partial charge in [0.25, 0.3) is 0 Å². The van der Waals surface area contributed by atoms with Crippen molar-refractivity contribution < 1.29 is 9.47 Å². The maximum Gasteiger partial charge on any atom is 0.123 e. The molecule has 0 amide bonds. The van der Waals surface area contributed by atoms with Crippen molar-refractivity contribution in [2.45, 2.75) is 19.4 Å². The van der Waals surface area contributed by atoms with E-state index in [1.807, 2.05) is 25.2 Å². The number of rotatable bonds is 7. The summed E-state index contributed by atoms with van der Waals surface area (Å²) in [7, 11) is 5.36. The topological polar surface area (TPSA) is 30.5 Å². The van der Waals surface area contributed by atoms with Gasteiger partial charge in [-0.1, -0.05) is 18.5 Å². The van der Waals surface area contributed by atoms with Crippen LogP contribution in [0.25, 0.3) is 0 Å². The molecule has 3 nitrogen and oxygen atoms in total. The molecule has 102 valence electrons. The van der Waals surface area contributed by atoms with Gasteiger partial charge in [0.2, 0.25) is 0 Å². The average molecular weight is 272 g/mol. The molecule has 1 N–H and O–H groups in total. The molecule has 1 aromatic carbocycles. The molecule has 0 fully saturated rings. The van der Waals surface area contributed by atoms with E-state index >= 15 is 0 Å². The highest BCUT2D eigenvalue weighted by Crippen LogP contribution is 2.33. The Morgan fingerprint density at radius 3 is 2.61 bits per heavy atom. The summed E-state index contributed by atoms with van der Waals surface area (Å²) in [5.41, 5.74) is 1.09. The first-order valence-corrected chi connectivity index (χ1v) is 6.51. The van der Waals surface area contributed by atoms with E-state index in [-0.39, 0.29) is 6.04 Å². The minimum atomic E-state index is 0.203. The minimum absolute atomic E-state index is 0.203. The monoisotopic (exact) mass is 271 g/mol. The van der Waals surface area contributed by atoms with Gasteiger partial charge in [0.05, 0.1) is 7.11 Å². The van der Waals surface area contributed by atoms with E-state index in [0.717, 1.165) is 29.4 Å². The molecule has 1 aromatic rings. The van der Waals surface area contributed by atoms with Crippen LogP contribution in [0.3, 0.4) is 0 Å². The fraction of sp³-hybridized carbons (Fsp3) is 0.571. The van der Waals surface area contributed by atoms with Crippen molar-refractivity contribution in [3.63, 3.8) is 0 Å². The molecule has 0 saturated heterocycles. The Morgan fingerprint density at radius 2 is 2.06 bits per heavy atom. The molecule has 0 aliphatic heterocycles. The van der Waals surface area contributed by atoms with E-state index in [0.29, 0.717) is 5.92 Å². The van der Waals surface area contributed by atoms with Gasteiger partial charge in [-0.3, -0.25) is 0 Å². The Morgan fingerprint density at radius 1 is 1.33 bits per heavy atom. The first-order chi connectivity index (χ1) is 8.63. The van der Waals surface area contributed by atoms with Crippen LogP contribution < -0.4 is 10.1 Å². The second kappa shape index (κ2) is 7.62. The molecule has 0 heterocycles. The van der Waals surface area contributed by atoms with Crippen molar-refractivity contribution in [1.82, 2.24) is 5.32 Å². The van der Waals surface area contributed by atoms with Gasteiger partial charge in [-0.2, -0.15) is 0 Å². The van der Waals surface area contributed by atoms with E-state index in [4.69, 9.17) is 21.1 Å². The van der Waals surface area contributed by atoms with Gasteiger partial charge in [0, 0.05) is 30.3 Å². The summed E-state index contributed by atoms with van der Waals surface area (Å²) >= 11 is 6.08. The Kier molecular flexibility index (Phi) is 6.47. The Hall–Kier alpha value is -0.770. The van der Waals surface area contributed by atoms with E-state index in [2.05, 4.69) is 12.2 Å². The highest BCUT2D eigenvalue weighted by molar-refractivity contribution is 6.30. The molecule has 1 rings (SSSR count). The third-order valence-corrected chi connectivity index (χ3v) is 3.42.